The third-order valence-corrected chi connectivity index (χ3v) is 5.30. The summed E-state index contributed by atoms with van der Waals surface area (Å²) in [7, 11) is -3.47. The fourth-order valence-electron chi connectivity index (χ4n) is 2.58. The molecule has 7 heteroatoms. The van der Waals surface area contributed by atoms with E-state index in [0.29, 0.717) is 25.1 Å². The number of carbonyl (C=O) groups is 1. The fourth-order valence-corrected chi connectivity index (χ4v) is 4.19. The van der Waals surface area contributed by atoms with Crippen molar-refractivity contribution in [3.8, 4) is 0 Å². The molecule has 0 fully saturated rings. The number of rotatable bonds is 5. The Labute approximate surface area is 130 Å². The van der Waals surface area contributed by atoms with Gasteiger partial charge in [0.15, 0.2) is 9.84 Å². The Bertz CT molecular complexity index is 672. The number of hydrogen-bond donors (Lipinski definition) is 2. The Morgan fingerprint density at radius 1 is 1.41 bits per heavy atom. The maximum Gasteiger partial charge on any atom is 0.239 e. The lowest BCUT2D eigenvalue weighted by molar-refractivity contribution is -0.113. The van der Waals surface area contributed by atoms with Crippen LogP contribution < -0.4 is 10.6 Å². The predicted octanol–water partition coefficient (Wildman–Crippen LogP) is 1.48. The van der Waals surface area contributed by atoms with E-state index in [1.807, 2.05) is 0 Å². The Morgan fingerprint density at radius 2 is 2.14 bits per heavy atom. The van der Waals surface area contributed by atoms with Gasteiger partial charge in [-0.3, -0.25) is 4.79 Å². The van der Waals surface area contributed by atoms with Gasteiger partial charge in [0, 0.05) is 6.54 Å². The van der Waals surface area contributed by atoms with Crippen LogP contribution in [0.1, 0.15) is 25.0 Å². The molecule has 0 unspecified atom stereocenters. The lowest BCUT2D eigenvalue weighted by Gasteiger charge is -2.19. The molecule has 2 rings (SSSR count). The van der Waals surface area contributed by atoms with Crippen LogP contribution in [0.25, 0.3) is 0 Å². The summed E-state index contributed by atoms with van der Waals surface area (Å²) in [6.45, 7) is 4.83. The number of carbonyl (C=O) groups excluding carboxylic acids is 1. The van der Waals surface area contributed by atoms with Gasteiger partial charge in [0.25, 0.3) is 0 Å². The fraction of sp³-hybridized carbons (Fsp3) is 0.533. The van der Waals surface area contributed by atoms with Crippen molar-refractivity contribution < 1.29 is 17.6 Å². The molecule has 0 aliphatic carbocycles. The summed E-state index contributed by atoms with van der Waals surface area (Å²) in [6, 6.07) is 3.23. The highest BCUT2D eigenvalue weighted by atomic mass is 32.2. The first-order chi connectivity index (χ1) is 10.3. The molecule has 0 spiro atoms. The summed E-state index contributed by atoms with van der Waals surface area (Å²) in [6.07, 6.45) is 0.552. The van der Waals surface area contributed by atoms with Gasteiger partial charge >= 0.3 is 0 Å². The van der Waals surface area contributed by atoms with Crippen molar-refractivity contribution in [1.82, 2.24) is 5.32 Å². The third kappa shape index (κ3) is 4.27. The molecular formula is C15H21FN2O3S. The van der Waals surface area contributed by atoms with Crippen LogP contribution in [0.4, 0.5) is 10.1 Å². The zero-order valence-electron chi connectivity index (χ0n) is 12.8. The van der Waals surface area contributed by atoms with Gasteiger partial charge in [0.05, 0.1) is 11.4 Å². The summed E-state index contributed by atoms with van der Waals surface area (Å²) in [5.74, 6) is -1.89. The van der Waals surface area contributed by atoms with E-state index in [2.05, 4.69) is 10.6 Å². The molecule has 1 aromatic carbocycles. The first kappa shape index (κ1) is 16.9. The van der Waals surface area contributed by atoms with Crippen LogP contribution >= 0.6 is 0 Å². The molecular weight excluding hydrogens is 307 g/mol. The van der Waals surface area contributed by atoms with E-state index < -0.39 is 27.3 Å². The van der Waals surface area contributed by atoms with E-state index in [1.165, 1.54) is 6.07 Å². The summed E-state index contributed by atoms with van der Waals surface area (Å²) in [5.41, 5.74) is 1.50. The topological polar surface area (TPSA) is 75.3 Å². The molecule has 0 bridgehead atoms. The predicted molar refractivity (Wildman–Crippen MR) is 83.9 cm³/mol. The molecule has 1 aliphatic heterocycles. The van der Waals surface area contributed by atoms with Gasteiger partial charge in [-0.2, -0.15) is 0 Å². The lowest BCUT2D eigenvalue weighted by Crippen LogP contribution is -2.28. The monoisotopic (exact) mass is 328 g/mol. The smallest absolute Gasteiger partial charge is 0.239 e. The highest BCUT2D eigenvalue weighted by Crippen LogP contribution is 2.24. The molecule has 0 saturated heterocycles. The van der Waals surface area contributed by atoms with Crippen LogP contribution in [0.15, 0.2) is 12.1 Å². The average molecular weight is 328 g/mol. The van der Waals surface area contributed by atoms with Gasteiger partial charge < -0.3 is 10.6 Å². The standard InChI is InChI=1S/C15H21FN2O3S/c1-10(2)8-22(20,21)9-14(19)18-13-4-3-11-7-17-6-5-12(11)15(13)16/h3-4,10,17H,5-9H2,1-2H3,(H,18,19). The summed E-state index contributed by atoms with van der Waals surface area (Å²) >= 11 is 0. The molecule has 0 radical (unpaired) electrons. The van der Waals surface area contributed by atoms with Crippen LogP contribution in [0.3, 0.4) is 0 Å². The Morgan fingerprint density at radius 3 is 2.82 bits per heavy atom. The Balaban J connectivity index is 2.09. The zero-order chi connectivity index (χ0) is 16.3. The summed E-state index contributed by atoms with van der Waals surface area (Å²) < 4.78 is 38.0. The molecule has 1 amide bonds. The second-order valence-corrected chi connectivity index (χ2v) is 8.10. The number of hydrogen-bond acceptors (Lipinski definition) is 4. The number of benzene rings is 1. The summed E-state index contributed by atoms with van der Waals surface area (Å²) in [5, 5.41) is 5.52. The van der Waals surface area contributed by atoms with Crippen molar-refractivity contribution in [2.75, 3.05) is 23.4 Å². The number of fused-ring (bicyclic) bond motifs is 1. The molecule has 0 aromatic heterocycles. The second-order valence-electron chi connectivity index (χ2n) is 5.99. The molecule has 22 heavy (non-hydrogen) atoms. The number of nitrogens with one attached hydrogen (secondary N) is 2. The van der Waals surface area contributed by atoms with Crippen LogP contribution in [0.2, 0.25) is 0 Å². The first-order valence-electron chi connectivity index (χ1n) is 7.30. The van der Waals surface area contributed by atoms with Gasteiger partial charge in [-0.25, -0.2) is 12.8 Å². The van der Waals surface area contributed by atoms with Crippen LogP contribution in [-0.2, 0) is 27.6 Å². The highest BCUT2D eigenvalue weighted by Gasteiger charge is 2.21. The molecule has 2 N–H and O–H groups in total. The van der Waals surface area contributed by atoms with E-state index in [1.54, 1.807) is 19.9 Å². The highest BCUT2D eigenvalue weighted by molar-refractivity contribution is 7.92. The summed E-state index contributed by atoms with van der Waals surface area (Å²) in [4.78, 5) is 11.9. The van der Waals surface area contributed by atoms with Crippen LogP contribution in [-0.4, -0.2) is 32.4 Å². The quantitative estimate of drug-likeness (QED) is 0.858. The number of halogens is 1. The van der Waals surface area contributed by atoms with E-state index in [4.69, 9.17) is 0 Å². The van der Waals surface area contributed by atoms with Gasteiger partial charge in [0.2, 0.25) is 5.91 Å². The maximum atomic E-state index is 14.4. The number of amides is 1. The van der Waals surface area contributed by atoms with E-state index in [9.17, 15) is 17.6 Å². The molecule has 1 heterocycles. The number of anilines is 1. The molecule has 1 aliphatic rings. The van der Waals surface area contributed by atoms with E-state index >= 15 is 0 Å². The Kier molecular flexibility index (Phi) is 5.18. The van der Waals surface area contributed by atoms with Gasteiger partial charge in [-0.05, 0) is 36.1 Å². The minimum atomic E-state index is -3.47. The second kappa shape index (κ2) is 6.75. The lowest BCUT2D eigenvalue weighted by atomic mass is 9.99. The number of sulfone groups is 1. The van der Waals surface area contributed by atoms with Gasteiger partial charge in [-0.1, -0.05) is 19.9 Å². The normalized spacial score (nSPS) is 14.7. The Hall–Kier alpha value is -1.47. The van der Waals surface area contributed by atoms with Crippen molar-refractivity contribution in [2.45, 2.75) is 26.8 Å². The minimum Gasteiger partial charge on any atom is -0.323 e. The van der Waals surface area contributed by atoms with Crippen LogP contribution in [0.5, 0.6) is 0 Å². The van der Waals surface area contributed by atoms with E-state index in [-0.39, 0.29) is 17.4 Å². The molecule has 1 aromatic rings. The van der Waals surface area contributed by atoms with Gasteiger partial charge in [0.1, 0.15) is 11.6 Å². The third-order valence-electron chi connectivity index (χ3n) is 3.42. The van der Waals surface area contributed by atoms with E-state index in [0.717, 1.165) is 5.56 Å². The van der Waals surface area contributed by atoms with Crippen molar-refractivity contribution in [2.24, 2.45) is 5.92 Å². The molecule has 0 atom stereocenters. The zero-order valence-corrected chi connectivity index (χ0v) is 13.6. The largest absolute Gasteiger partial charge is 0.323 e. The van der Waals surface area contributed by atoms with Crippen molar-refractivity contribution in [3.63, 3.8) is 0 Å². The van der Waals surface area contributed by atoms with Crippen molar-refractivity contribution in [3.05, 3.63) is 29.1 Å². The molecule has 5 nitrogen and oxygen atoms in total. The first-order valence-corrected chi connectivity index (χ1v) is 9.12. The minimum absolute atomic E-state index is 0.0467. The molecule has 0 saturated carbocycles. The van der Waals surface area contributed by atoms with Crippen molar-refractivity contribution >= 4 is 21.4 Å². The maximum absolute atomic E-state index is 14.4. The van der Waals surface area contributed by atoms with Crippen LogP contribution in [0, 0.1) is 11.7 Å². The van der Waals surface area contributed by atoms with Gasteiger partial charge in [-0.15, -0.1) is 0 Å². The van der Waals surface area contributed by atoms with Crippen molar-refractivity contribution in [1.29, 1.82) is 0 Å². The SMILES string of the molecule is CC(C)CS(=O)(=O)CC(=O)Nc1ccc2c(c1F)CCNC2. The average Bonchev–Trinajstić information content (AvgIpc) is 2.40. The molecule has 122 valence electrons.